The van der Waals surface area contributed by atoms with Crippen molar-refractivity contribution in [3.05, 3.63) is 59.7 Å². The van der Waals surface area contributed by atoms with Crippen LogP contribution in [0.4, 0.5) is 5.69 Å². The predicted molar refractivity (Wildman–Crippen MR) is 95.1 cm³/mol. The number of hydrogen-bond donors (Lipinski definition) is 1. The lowest BCUT2D eigenvalue weighted by Crippen LogP contribution is -2.21. The van der Waals surface area contributed by atoms with Crippen molar-refractivity contribution < 1.29 is 9.90 Å². The van der Waals surface area contributed by atoms with Crippen LogP contribution in [-0.2, 0) is 17.6 Å². The van der Waals surface area contributed by atoms with Crippen molar-refractivity contribution in [3.8, 4) is 5.75 Å². The zero-order valence-electron chi connectivity index (χ0n) is 14.0. The van der Waals surface area contributed by atoms with Crippen LogP contribution in [0.3, 0.4) is 0 Å². The first kappa shape index (κ1) is 17.1. The van der Waals surface area contributed by atoms with Gasteiger partial charge in [-0.25, -0.2) is 0 Å². The zero-order valence-corrected chi connectivity index (χ0v) is 14.0. The number of anilines is 1. The van der Waals surface area contributed by atoms with Gasteiger partial charge in [-0.3, -0.25) is 4.79 Å². The average Bonchev–Trinajstić information content (AvgIpc) is 2.57. The largest absolute Gasteiger partial charge is 0.508 e. The molecule has 0 unspecified atom stereocenters. The third-order valence-electron chi connectivity index (χ3n) is 4.12. The van der Waals surface area contributed by atoms with E-state index in [4.69, 9.17) is 0 Å². The van der Waals surface area contributed by atoms with Crippen molar-refractivity contribution in [2.45, 2.75) is 33.1 Å². The number of hydrogen-bond acceptors (Lipinski definition) is 3. The van der Waals surface area contributed by atoms with Crippen LogP contribution in [0.25, 0.3) is 0 Å². The van der Waals surface area contributed by atoms with Gasteiger partial charge in [-0.1, -0.05) is 36.4 Å². The number of phenols is 1. The number of nitrogens with zero attached hydrogens (tertiary/aromatic N) is 1. The Morgan fingerprint density at radius 3 is 2.35 bits per heavy atom. The minimum Gasteiger partial charge on any atom is -0.508 e. The molecule has 0 radical (unpaired) electrons. The fraction of sp³-hybridized carbons (Fsp3) is 0.350. The lowest BCUT2D eigenvalue weighted by molar-refractivity contribution is -0.118. The molecule has 0 aromatic heterocycles. The summed E-state index contributed by atoms with van der Waals surface area (Å²) in [4.78, 5) is 14.3. The molecule has 1 N–H and O–H groups in total. The molecule has 0 saturated heterocycles. The minimum atomic E-state index is 0.153. The normalized spacial score (nSPS) is 10.5. The summed E-state index contributed by atoms with van der Waals surface area (Å²) in [5, 5.41) is 10.2. The highest BCUT2D eigenvalue weighted by atomic mass is 16.3. The Balaban J connectivity index is 1.95. The van der Waals surface area contributed by atoms with E-state index >= 15 is 0 Å². The highest BCUT2D eigenvalue weighted by Gasteiger charge is 2.10. The van der Waals surface area contributed by atoms with Crippen LogP contribution >= 0.6 is 0 Å². The predicted octanol–water partition coefficient (Wildman–Crippen LogP) is 3.98. The minimum absolute atomic E-state index is 0.153. The van der Waals surface area contributed by atoms with Gasteiger partial charge in [-0.05, 0) is 31.9 Å². The summed E-state index contributed by atoms with van der Waals surface area (Å²) in [6, 6.07) is 15.6. The molecule has 2 rings (SSSR count). The van der Waals surface area contributed by atoms with Crippen LogP contribution in [0.2, 0.25) is 0 Å². The number of Topliss-reactive ketones (excluding diaryl/α,β-unsaturated/α-hetero) is 1. The number of carbonyl (C=O) groups excluding carboxylic acids is 1. The summed E-state index contributed by atoms with van der Waals surface area (Å²) in [5.41, 5.74) is 2.87. The topological polar surface area (TPSA) is 40.5 Å². The number of rotatable bonds is 8. The van der Waals surface area contributed by atoms with Crippen LogP contribution in [0.1, 0.15) is 31.4 Å². The van der Waals surface area contributed by atoms with Gasteiger partial charge in [-0.2, -0.15) is 0 Å². The highest BCUT2D eigenvalue weighted by Crippen LogP contribution is 2.25. The lowest BCUT2D eigenvalue weighted by atomic mass is 10.0. The van der Waals surface area contributed by atoms with Gasteiger partial charge in [0.05, 0.1) is 0 Å². The van der Waals surface area contributed by atoms with Crippen LogP contribution in [0.5, 0.6) is 5.75 Å². The maximum absolute atomic E-state index is 12.1. The van der Waals surface area contributed by atoms with E-state index in [1.807, 2.05) is 42.5 Å². The fourth-order valence-corrected chi connectivity index (χ4v) is 2.72. The van der Waals surface area contributed by atoms with Crippen LogP contribution in [-0.4, -0.2) is 24.0 Å². The lowest BCUT2D eigenvalue weighted by Gasteiger charge is -2.21. The molecule has 0 fully saturated rings. The van der Waals surface area contributed by atoms with Gasteiger partial charge in [0, 0.05) is 43.2 Å². The number of aromatic hydroxyl groups is 1. The molecule has 3 nitrogen and oxygen atoms in total. The number of benzene rings is 2. The van der Waals surface area contributed by atoms with Gasteiger partial charge >= 0.3 is 0 Å². The summed E-state index contributed by atoms with van der Waals surface area (Å²) in [7, 11) is 0. The van der Waals surface area contributed by atoms with Gasteiger partial charge in [-0.15, -0.1) is 0 Å². The first-order chi connectivity index (χ1) is 11.1. The maximum Gasteiger partial charge on any atom is 0.137 e. The Morgan fingerprint density at radius 2 is 1.74 bits per heavy atom. The molecule has 0 heterocycles. The van der Waals surface area contributed by atoms with Gasteiger partial charge in [0.15, 0.2) is 0 Å². The maximum atomic E-state index is 12.1. The summed E-state index contributed by atoms with van der Waals surface area (Å²) in [6.45, 7) is 5.96. The Kier molecular flexibility index (Phi) is 6.21. The molecule has 0 bridgehead atoms. The third kappa shape index (κ3) is 4.85. The van der Waals surface area contributed by atoms with E-state index in [1.165, 1.54) is 5.56 Å². The van der Waals surface area contributed by atoms with Crippen LogP contribution < -0.4 is 4.90 Å². The van der Waals surface area contributed by atoms with E-state index in [2.05, 4.69) is 18.7 Å². The molecule has 0 aliphatic rings. The molecule has 0 spiro atoms. The standard InChI is InChI=1S/C20H25NO2/c1-3-21(4-2)18-12-11-17(20(23)15-18)14-19(22)13-10-16-8-6-5-7-9-16/h5-9,11-12,15,23H,3-4,10,13-14H2,1-2H3. The Hall–Kier alpha value is -2.29. The second kappa shape index (κ2) is 8.37. The monoisotopic (exact) mass is 311 g/mol. The molecule has 0 atom stereocenters. The number of ketones is 1. The van der Waals surface area contributed by atoms with E-state index in [0.29, 0.717) is 12.0 Å². The number of phenolic OH excluding ortho intramolecular Hbond substituents is 1. The number of aryl methyl sites for hydroxylation is 1. The molecule has 23 heavy (non-hydrogen) atoms. The smallest absolute Gasteiger partial charge is 0.137 e. The Bertz CT molecular complexity index is 633. The van der Waals surface area contributed by atoms with Crippen LogP contribution in [0.15, 0.2) is 48.5 Å². The summed E-state index contributed by atoms with van der Waals surface area (Å²) in [6.07, 6.45) is 1.54. The van der Waals surface area contributed by atoms with Crippen molar-refractivity contribution in [1.82, 2.24) is 0 Å². The molecule has 0 saturated carbocycles. The summed E-state index contributed by atoms with van der Waals surface area (Å²) < 4.78 is 0. The van der Waals surface area contributed by atoms with Crippen LogP contribution in [0, 0.1) is 0 Å². The molecule has 2 aromatic carbocycles. The van der Waals surface area contributed by atoms with Gasteiger partial charge in [0.25, 0.3) is 0 Å². The number of carbonyl (C=O) groups is 1. The quantitative estimate of drug-likeness (QED) is 0.801. The van der Waals surface area contributed by atoms with Crippen molar-refractivity contribution in [1.29, 1.82) is 0 Å². The average molecular weight is 311 g/mol. The molecule has 122 valence electrons. The molecule has 0 aliphatic carbocycles. The van der Waals surface area contributed by atoms with Gasteiger partial charge in [0.2, 0.25) is 0 Å². The van der Waals surface area contributed by atoms with Gasteiger partial charge < -0.3 is 10.0 Å². The van der Waals surface area contributed by atoms with Crippen molar-refractivity contribution >= 4 is 11.5 Å². The van der Waals surface area contributed by atoms with Crippen molar-refractivity contribution in [3.63, 3.8) is 0 Å². The second-order valence-corrected chi connectivity index (χ2v) is 5.69. The zero-order chi connectivity index (χ0) is 16.7. The van der Waals surface area contributed by atoms with E-state index in [1.54, 1.807) is 6.07 Å². The Morgan fingerprint density at radius 1 is 1.04 bits per heavy atom. The van der Waals surface area contributed by atoms with Gasteiger partial charge in [0.1, 0.15) is 11.5 Å². The molecule has 2 aromatic rings. The summed E-state index contributed by atoms with van der Waals surface area (Å²) >= 11 is 0. The third-order valence-corrected chi connectivity index (χ3v) is 4.12. The van der Waals surface area contributed by atoms with E-state index in [0.717, 1.165) is 25.2 Å². The first-order valence-electron chi connectivity index (χ1n) is 8.26. The second-order valence-electron chi connectivity index (χ2n) is 5.69. The summed E-state index contributed by atoms with van der Waals surface area (Å²) in [5.74, 6) is 0.363. The molecular formula is C20H25NO2. The SMILES string of the molecule is CCN(CC)c1ccc(CC(=O)CCc2ccccc2)c(O)c1. The first-order valence-corrected chi connectivity index (χ1v) is 8.26. The fourth-order valence-electron chi connectivity index (χ4n) is 2.72. The van der Waals surface area contributed by atoms with Crippen molar-refractivity contribution in [2.24, 2.45) is 0 Å². The molecule has 0 aliphatic heterocycles. The molecule has 0 amide bonds. The molecule has 3 heteroatoms. The highest BCUT2D eigenvalue weighted by molar-refractivity contribution is 5.82. The van der Waals surface area contributed by atoms with E-state index in [-0.39, 0.29) is 18.0 Å². The van der Waals surface area contributed by atoms with E-state index < -0.39 is 0 Å². The molecular weight excluding hydrogens is 286 g/mol. The van der Waals surface area contributed by atoms with E-state index in [9.17, 15) is 9.90 Å². The van der Waals surface area contributed by atoms with Crippen molar-refractivity contribution in [2.75, 3.05) is 18.0 Å². The Labute approximate surface area is 138 Å².